The summed E-state index contributed by atoms with van der Waals surface area (Å²) in [6, 6.07) is 16.6. The summed E-state index contributed by atoms with van der Waals surface area (Å²) < 4.78 is 16.9. The summed E-state index contributed by atoms with van der Waals surface area (Å²) in [5.41, 5.74) is 2.92. The van der Waals surface area contributed by atoms with E-state index in [9.17, 15) is 4.79 Å². The van der Waals surface area contributed by atoms with E-state index in [4.69, 9.17) is 13.7 Å². The SMILES string of the molecule is Cc1noc(C)c1COc1ccccc1C(=O)N[C@H](C)c1cc2ccccc2o1. The highest BCUT2D eigenvalue weighted by molar-refractivity contribution is 5.97. The number of fused-ring (bicyclic) bond motifs is 1. The molecule has 148 valence electrons. The number of benzene rings is 2. The molecule has 2 aromatic heterocycles. The molecule has 1 amide bonds. The van der Waals surface area contributed by atoms with Crippen molar-refractivity contribution in [2.45, 2.75) is 33.4 Å². The Balaban J connectivity index is 1.49. The molecule has 0 spiro atoms. The quantitative estimate of drug-likeness (QED) is 0.495. The van der Waals surface area contributed by atoms with Gasteiger partial charge in [0.1, 0.15) is 29.5 Å². The van der Waals surface area contributed by atoms with Gasteiger partial charge in [0, 0.05) is 5.39 Å². The summed E-state index contributed by atoms with van der Waals surface area (Å²) in [6.07, 6.45) is 0. The first-order valence-corrected chi connectivity index (χ1v) is 9.46. The van der Waals surface area contributed by atoms with Gasteiger partial charge in [-0.15, -0.1) is 0 Å². The van der Waals surface area contributed by atoms with E-state index in [1.54, 1.807) is 12.1 Å². The number of amides is 1. The number of carbonyl (C=O) groups is 1. The largest absolute Gasteiger partial charge is 0.488 e. The van der Waals surface area contributed by atoms with E-state index in [1.807, 2.05) is 63.2 Å². The Morgan fingerprint density at radius 1 is 1.14 bits per heavy atom. The molecule has 0 saturated carbocycles. The number of carbonyl (C=O) groups excluding carboxylic acids is 1. The first-order chi connectivity index (χ1) is 14.0. The molecular formula is C23H22N2O4. The van der Waals surface area contributed by atoms with Gasteiger partial charge in [0.25, 0.3) is 5.91 Å². The summed E-state index contributed by atoms with van der Waals surface area (Å²) in [7, 11) is 0. The predicted octanol–water partition coefficient (Wildman–Crippen LogP) is 5.11. The van der Waals surface area contributed by atoms with E-state index in [2.05, 4.69) is 10.5 Å². The number of furan rings is 1. The van der Waals surface area contributed by atoms with Crippen molar-refractivity contribution < 1.29 is 18.5 Å². The van der Waals surface area contributed by atoms with E-state index in [-0.39, 0.29) is 18.6 Å². The second-order valence-corrected chi connectivity index (χ2v) is 6.97. The maximum absolute atomic E-state index is 12.9. The van der Waals surface area contributed by atoms with Crippen LogP contribution < -0.4 is 10.1 Å². The lowest BCUT2D eigenvalue weighted by Crippen LogP contribution is -2.26. The number of nitrogens with zero attached hydrogens (tertiary/aromatic N) is 1. The van der Waals surface area contributed by atoms with Crippen LogP contribution in [-0.2, 0) is 6.61 Å². The standard InChI is InChI=1S/C23H22N2O4/c1-14-19(16(3)29-25-14)13-27-21-11-7-5-9-18(21)23(26)24-15(2)22-12-17-8-4-6-10-20(17)28-22/h4-12,15H,13H2,1-3H3,(H,24,26)/t15-/m1/s1. The lowest BCUT2D eigenvalue weighted by molar-refractivity contribution is 0.0931. The van der Waals surface area contributed by atoms with Crippen LogP contribution in [0.5, 0.6) is 5.75 Å². The molecular weight excluding hydrogens is 368 g/mol. The van der Waals surface area contributed by atoms with Crippen LogP contribution in [0.2, 0.25) is 0 Å². The van der Waals surface area contributed by atoms with Gasteiger partial charge in [-0.1, -0.05) is 35.5 Å². The zero-order valence-electron chi connectivity index (χ0n) is 16.6. The number of ether oxygens (including phenoxy) is 1. The van der Waals surface area contributed by atoms with Crippen molar-refractivity contribution >= 4 is 16.9 Å². The number of nitrogens with one attached hydrogen (secondary N) is 1. The van der Waals surface area contributed by atoms with Gasteiger partial charge < -0.3 is 19.0 Å². The molecule has 1 N–H and O–H groups in total. The topological polar surface area (TPSA) is 77.5 Å². The smallest absolute Gasteiger partial charge is 0.255 e. The lowest BCUT2D eigenvalue weighted by atomic mass is 10.1. The Labute approximate surface area is 168 Å². The fraction of sp³-hybridized carbons (Fsp3) is 0.217. The molecule has 0 unspecified atom stereocenters. The molecule has 0 bridgehead atoms. The molecule has 0 aliphatic rings. The van der Waals surface area contributed by atoms with Crippen LogP contribution in [-0.4, -0.2) is 11.1 Å². The van der Waals surface area contributed by atoms with Gasteiger partial charge >= 0.3 is 0 Å². The van der Waals surface area contributed by atoms with Crippen molar-refractivity contribution in [1.82, 2.24) is 10.5 Å². The minimum absolute atomic E-state index is 0.229. The molecule has 0 aliphatic carbocycles. The van der Waals surface area contributed by atoms with Gasteiger partial charge in [-0.25, -0.2) is 0 Å². The van der Waals surface area contributed by atoms with E-state index < -0.39 is 0 Å². The Morgan fingerprint density at radius 2 is 1.90 bits per heavy atom. The van der Waals surface area contributed by atoms with Crippen molar-refractivity contribution in [2.75, 3.05) is 0 Å². The summed E-state index contributed by atoms with van der Waals surface area (Å²) in [5.74, 6) is 1.69. The first-order valence-electron chi connectivity index (χ1n) is 9.46. The monoisotopic (exact) mass is 390 g/mol. The normalized spacial score (nSPS) is 12.1. The second-order valence-electron chi connectivity index (χ2n) is 6.97. The third-order valence-electron chi connectivity index (χ3n) is 4.90. The number of hydrogen-bond donors (Lipinski definition) is 1. The first kappa shape index (κ1) is 18.8. The average Bonchev–Trinajstić information content (AvgIpc) is 3.30. The van der Waals surface area contributed by atoms with Crippen LogP contribution in [0, 0.1) is 13.8 Å². The minimum atomic E-state index is -0.287. The summed E-state index contributed by atoms with van der Waals surface area (Å²) in [5, 5.41) is 7.92. The van der Waals surface area contributed by atoms with Crippen LogP contribution in [0.1, 0.15) is 46.1 Å². The van der Waals surface area contributed by atoms with E-state index >= 15 is 0 Å². The predicted molar refractivity (Wildman–Crippen MR) is 109 cm³/mol. The Bertz CT molecular complexity index is 1110. The van der Waals surface area contributed by atoms with Crippen molar-refractivity contribution in [3.8, 4) is 5.75 Å². The molecule has 0 aliphatic heterocycles. The second kappa shape index (κ2) is 7.83. The highest BCUT2D eigenvalue weighted by atomic mass is 16.5. The van der Waals surface area contributed by atoms with Crippen molar-refractivity contribution in [3.63, 3.8) is 0 Å². The van der Waals surface area contributed by atoms with Crippen LogP contribution in [0.3, 0.4) is 0 Å². The zero-order chi connectivity index (χ0) is 20.4. The van der Waals surface area contributed by atoms with Gasteiger partial charge in [-0.05, 0) is 45.0 Å². The van der Waals surface area contributed by atoms with Gasteiger partial charge in [-0.3, -0.25) is 4.79 Å². The molecule has 4 aromatic rings. The molecule has 6 heteroatoms. The molecule has 0 radical (unpaired) electrons. The molecule has 29 heavy (non-hydrogen) atoms. The third-order valence-corrected chi connectivity index (χ3v) is 4.90. The Hall–Kier alpha value is -3.54. The fourth-order valence-corrected chi connectivity index (χ4v) is 3.20. The Morgan fingerprint density at radius 3 is 2.66 bits per heavy atom. The fourth-order valence-electron chi connectivity index (χ4n) is 3.20. The Kier molecular flexibility index (Phi) is 5.08. The van der Waals surface area contributed by atoms with Gasteiger partial charge in [0.2, 0.25) is 0 Å². The molecule has 1 atom stereocenters. The van der Waals surface area contributed by atoms with E-state index in [1.165, 1.54) is 0 Å². The number of para-hydroxylation sites is 2. The van der Waals surface area contributed by atoms with Gasteiger partial charge in [0.05, 0.1) is 22.9 Å². The number of rotatable bonds is 6. The van der Waals surface area contributed by atoms with E-state index in [0.29, 0.717) is 22.8 Å². The van der Waals surface area contributed by atoms with Crippen molar-refractivity contribution in [3.05, 3.63) is 82.9 Å². The van der Waals surface area contributed by atoms with Crippen LogP contribution in [0.25, 0.3) is 11.0 Å². The summed E-state index contributed by atoms with van der Waals surface area (Å²) in [6.45, 7) is 5.88. The average molecular weight is 390 g/mol. The molecule has 4 rings (SSSR count). The highest BCUT2D eigenvalue weighted by Gasteiger charge is 2.19. The maximum Gasteiger partial charge on any atom is 0.255 e. The lowest BCUT2D eigenvalue weighted by Gasteiger charge is -2.14. The molecule has 0 fully saturated rings. The number of hydrogen-bond acceptors (Lipinski definition) is 5. The maximum atomic E-state index is 12.9. The van der Waals surface area contributed by atoms with Crippen LogP contribution in [0.15, 0.2) is 63.5 Å². The summed E-state index contributed by atoms with van der Waals surface area (Å²) in [4.78, 5) is 12.9. The zero-order valence-corrected chi connectivity index (χ0v) is 16.6. The van der Waals surface area contributed by atoms with E-state index in [0.717, 1.165) is 22.2 Å². The third kappa shape index (κ3) is 3.87. The van der Waals surface area contributed by atoms with Gasteiger partial charge in [0.15, 0.2) is 0 Å². The minimum Gasteiger partial charge on any atom is -0.488 e. The van der Waals surface area contributed by atoms with Gasteiger partial charge in [-0.2, -0.15) is 0 Å². The van der Waals surface area contributed by atoms with Crippen LogP contribution in [0.4, 0.5) is 0 Å². The van der Waals surface area contributed by atoms with Crippen molar-refractivity contribution in [2.24, 2.45) is 0 Å². The van der Waals surface area contributed by atoms with Crippen molar-refractivity contribution in [1.29, 1.82) is 0 Å². The number of aryl methyl sites for hydroxylation is 2. The number of aromatic nitrogens is 1. The molecule has 6 nitrogen and oxygen atoms in total. The van der Waals surface area contributed by atoms with Crippen LogP contribution >= 0.6 is 0 Å². The molecule has 2 aromatic carbocycles. The highest BCUT2D eigenvalue weighted by Crippen LogP contribution is 2.25. The molecule has 0 saturated heterocycles. The molecule has 2 heterocycles. The summed E-state index contributed by atoms with van der Waals surface area (Å²) >= 11 is 0.